The molecule has 1 heterocycles. The van der Waals surface area contributed by atoms with Crippen LogP contribution in [0.2, 0.25) is 5.02 Å². The zero-order chi connectivity index (χ0) is 17.0. The molecule has 0 fully saturated rings. The quantitative estimate of drug-likeness (QED) is 0.858. The number of carbonyl (C=O) groups is 1. The van der Waals surface area contributed by atoms with Gasteiger partial charge < -0.3 is 9.73 Å². The third kappa shape index (κ3) is 5.59. The minimum atomic E-state index is -0.221. The van der Waals surface area contributed by atoms with Crippen molar-refractivity contribution >= 4 is 29.3 Å². The zero-order valence-corrected chi connectivity index (χ0v) is 15.3. The van der Waals surface area contributed by atoms with Gasteiger partial charge in [0.25, 0.3) is 0 Å². The highest BCUT2D eigenvalue weighted by Gasteiger charge is 2.20. The van der Waals surface area contributed by atoms with Crippen LogP contribution in [0.5, 0.6) is 0 Å². The Labute approximate surface area is 146 Å². The van der Waals surface area contributed by atoms with Gasteiger partial charge in [0.05, 0.1) is 10.9 Å². The van der Waals surface area contributed by atoms with Crippen molar-refractivity contribution in [3.63, 3.8) is 0 Å². The number of hydrogen-bond donors (Lipinski definition) is 1. The second-order valence-electron chi connectivity index (χ2n) is 6.34. The number of aromatic nitrogens is 1. The van der Waals surface area contributed by atoms with E-state index in [1.165, 1.54) is 11.8 Å². The molecule has 0 aliphatic carbocycles. The summed E-state index contributed by atoms with van der Waals surface area (Å²) in [4.78, 5) is 16.5. The maximum Gasteiger partial charge on any atom is 0.233 e. The maximum absolute atomic E-state index is 12.1. The van der Waals surface area contributed by atoms with E-state index in [0.717, 1.165) is 11.3 Å². The summed E-state index contributed by atoms with van der Waals surface area (Å²) in [5, 5.41) is 3.50. The fourth-order valence-electron chi connectivity index (χ4n) is 1.86. The number of rotatable bonds is 5. The lowest BCUT2D eigenvalue weighted by atomic mass is 10.1. The molecule has 124 valence electrons. The summed E-state index contributed by atoms with van der Waals surface area (Å²) in [6.07, 6.45) is 1.63. The summed E-state index contributed by atoms with van der Waals surface area (Å²) >= 11 is 7.41. The molecule has 1 N–H and O–H groups in total. The number of oxazole rings is 1. The van der Waals surface area contributed by atoms with Crippen LogP contribution in [0.15, 0.2) is 34.9 Å². The molecule has 0 spiro atoms. The van der Waals surface area contributed by atoms with Crippen molar-refractivity contribution in [3.05, 3.63) is 41.2 Å². The summed E-state index contributed by atoms with van der Waals surface area (Å²) in [6, 6.07) is 7.33. The van der Waals surface area contributed by atoms with Crippen LogP contribution in [-0.4, -0.2) is 21.7 Å². The van der Waals surface area contributed by atoms with Crippen molar-refractivity contribution in [2.24, 2.45) is 0 Å². The molecule has 1 amide bonds. The average Bonchev–Trinajstić information content (AvgIpc) is 2.92. The molecule has 0 bridgehead atoms. The van der Waals surface area contributed by atoms with E-state index < -0.39 is 0 Å². The minimum Gasteiger partial charge on any atom is -0.444 e. The molecule has 0 radical (unpaired) electrons. The Morgan fingerprint density at radius 2 is 2.00 bits per heavy atom. The van der Waals surface area contributed by atoms with Crippen molar-refractivity contribution in [3.8, 4) is 11.5 Å². The van der Waals surface area contributed by atoms with Gasteiger partial charge in [0.2, 0.25) is 11.8 Å². The van der Waals surface area contributed by atoms with Gasteiger partial charge >= 0.3 is 0 Å². The number of benzene rings is 1. The number of thioether (sulfide) groups is 1. The summed E-state index contributed by atoms with van der Waals surface area (Å²) in [7, 11) is 0. The SMILES string of the molecule is C[C@H](SCc1coc(-c2ccc(Cl)cc2)n1)C(=O)NC(C)(C)C. The summed E-state index contributed by atoms with van der Waals surface area (Å²) in [5.41, 5.74) is 1.47. The largest absolute Gasteiger partial charge is 0.444 e. The number of hydrogen-bond acceptors (Lipinski definition) is 4. The highest BCUT2D eigenvalue weighted by atomic mass is 35.5. The smallest absolute Gasteiger partial charge is 0.233 e. The fourth-order valence-corrected chi connectivity index (χ4v) is 2.75. The normalized spacial score (nSPS) is 12.9. The van der Waals surface area contributed by atoms with Crippen molar-refractivity contribution in [1.29, 1.82) is 0 Å². The Hall–Kier alpha value is -1.46. The first-order valence-electron chi connectivity index (χ1n) is 7.38. The Morgan fingerprint density at radius 3 is 2.61 bits per heavy atom. The van der Waals surface area contributed by atoms with Gasteiger partial charge in [-0.1, -0.05) is 11.6 Å². The van der Waals surface area contributed by atoms with E-state index in [9.17, 15) is 4.79 Å². The van der Waals surface area contributed by atoms with Gasteiger partial charge in [0, 0.05) is 21.9 Å². The molecule has 1 aromatic heterocycles. The van der Waals surface area contributed by atoms with Crippen LogP contribution in [0.1, 0.15) is 33.4 Å². The highest BCUT2D eigenvalue weighted by Crippen LogP contribution is 2.24. The Bertz CT molecular complexity index is 662. The monoisotopic (exact) mass is 352 g/mol. The van der Waals surface area contributed by atoms with Gasteiger partial charge in [-0.2, -0.15) is 0 Å². The molecule has 0 saturated carbocycles. The first-order chi connectivity index (χ1) is 10.7. The van der Waals surface area contributed by atoms with Gasteiger partial charge in [-0.05, 0) is 52.0 Å². The molecule has 1 aromatic carbocycles. The molecule has 0 aliphatic rings. The van der Waals surface area contributed by atoms with E-state index in [1.54, 1.807) is 18.4 Å². The van der Waals surface area contributed by atoms with Gasteiger partial charge in [-0.3, -0.25) is 4.79 Å². The predicted octanol–water partition coefficient (Wildman–Crippen LogP) is 4.53. The number of amides is 1. The number of nitrogens with one attached hydrogen (secondary N) is 1. The third-order valence-corrected chi connectivity index (χ3v) is 4.42. The van der Waals surface area contributed by atoms with E-state index in [2.05, 4.69) is 10.3 Å². The number of carbonyl (C=O) groups excluding carboxylic acids is 1. The van der Waals surface area contributed by atoms with Gasteiger partial charge in [-0.15, -0.1) is 11.8 Å². The van der Waals surface area contributed by atoms with Crippen molar-refractivity contribution in [1.82, 2.24) is 10.3 Å². The van der Waals surface area contributed by atoms with E-state index in [4.69, 9.17) is 16.0 Å². The van der Waals surface area contributed by atoms with Gasteiger partial charge in [0.1, 0.15) is 6.26 Å². The molecule has 4 nitrogen and oxygen atoms in total. The van der Waals surface area contributed by atoms with E-state index in [0.29, 0.717) is 16.7 Å². The molecular weight excluding hydrogens is 332 g/mol. The van der Waals surface area contributed by atoms with Crippen LogP contribution in [0.4, 0.5) is 0 Å². The molecule has 0 saturated heterocycles. The van der Waals surface area contributed by atoms with Crippen LogP contribution in [-0.2, 0) is 10.5 Å². The van der Waals surface area contributed by atoms with Crippen molar-refractivity contribution < 1.29 is 9.21 Å². The Balaban J connectivity index is 1.92. The van der Waals surface area contributed by atoms with Gasteiger partial charge in [0.15, 0.2) is 0 Å². The van der Waals surface area contributed by atoms with Crippen molar-refractivity contribution in [2.45, 2.75) is 44.2 Å². The van der Waals surface area contributed by atoms with E-state index >= 15 is 0 Å². The average molecular weight is 353 g/mol. The molecule has 0 aliphatic heterocycles. The van der Waals surface area contributed by atoms with Gasteiger partial charge in [-0.25, -0.2) is 4.98 Å². The van der Waals surface area contributed by atoms with E-state index in [1.807, 2.05) is 39.8 Å². The summed E-state index contributed by atoms with van der Waals surface area (Å²) in [6.45, 7) is 7.81. The third-order valence-electron chi connectivity index (χ3n) is 2.99. The summed E-state index contributed by atoms with van der Waals surface area (Å²) in [5.74, 6) is 1.21. The molecule has 0 unspecified atom stereocenters. The van der Waals surface area contributed by atoms with Crippen LogP contribution < -0.4 is 5.32 Å². The Kier molecular flexibility index (Phi) is 5.76. The number of nitrogens with zero attached hydrogens (tertiary/aromatic N) is 1. The van der Waals surface area contributed by atoms with Crippen LogP contribution in [0, 0.1) is 0 Å². The lowest BCUT2D eigenvalue weighted by Gasteiger charge is -2.22. The molecule has 6 heteroatoms. The topological polar surface area (TPSA) is 55.1 Å². The van der Waals surface area contributed by atoms with Crippen LogP contribution in [0.3, 0.4) is 0 Å². The Morgan fingerprint density at radius 1 is 1.35 bits per heavy atom. The summed E-state index contributed by atoms with van der Waals surface area (Å²) < 4.78 is 5.50. The molecule has 2 aromatic rings. The maximum atomic E-state index is 12.1. The lowest BCUT2D eigenvalue weighted by Crippen LogP contribution is -2.44. The van der Waals surface area contributed by atoms with Crippen LogP contribution >= 0.6 is 23.4 Å². The zero-order valence-electron chi connectivity index (χ0n) is 13.7. The van der Waals surface area contributed by atoms with E-state index in [-0.39, 0.29) is 16.7 Å². The molecule has 23 heavy (non-hydrogen) atoms. The molecular formula is C17H21ClN2O2S. The number of halogens is 1. The second-order valence-corrected chi connectivity index (χ2v) is 8.11. The minimum absolute atomic E-state index is 0.0314. The standard InChI is InChI=1S/C17H21ClN2O2S/c1-11(15(21)20-17(2,3)4)23-10-14-9-22-16(19-14)12-5-7-13(18)8-6-12/h5-9,11H,10H2,1-4H3,(H,20,21)/t11-/m0/s1. The molecule has 1 atom stereocenters. The molecule has 2 rings (SSSR count). The van der Waals surface area contributed by atoms with Crippen molar-refractivity contribution in [2.75, 3.05) is 0 Å². The first-order valence-corrected chi connectivity index (χ1v) is 8.81. The fraction of sp³-hybridized carbons (Fsp3) is 0.412. The first kappa shape index (κ1) is 17.9. The predicted molar refractivity (Wildman–Crippen MR) is 95.6 cm³/mol. The lowest BCUT2D eigenvalue weighted by molar-refractivity contribution is -0.121. The van der Waals surface area contributed by atoms with Crippen LogP contribution in [0.25, 0.3) is 11.5 Å². The highest BCUT2D eigenvalue weighted by molar-refractivity contribution is 7.99. The second kappa shape index (κ2) is 7.41.